The van der Waals surface area contributed by atoms with Gasteiger partial charge in [0.2, 0.25) is 0 Å². The van der Waals surface area contributed by atoms with Crippen molar-refractivity contribution in [1.29, 1.82) is 5.26 Å². The molecule has 3 nitrogen and oxygen atoms in total. The first-order valence-electron chi connectivity index (χ1n) is 4.99. The molecule has 78 valence electrons. The summed E-state index contributed by atoms with van der Waals surface area (Å²) in [4.78, 5) is 5.08. The molecule has 2 rings (SSSR count). The Morgan fingerprint density at radius 1 is 1.47 bits per heavy atom. The molecule has 0 atom stereocenters. The van der Waals surface area contributed by atoms with Crippen LogP contribution in [0.2, 0.25) is 0 Å². The van der Waals surface area contributed by atoms with Crippen LogP contribution in [0.3, 0.4) is 0 Å². The van der Waals surface area contributed by atoms with E-state index in [9.17, 15) is 0 Å². The summed E-state index contributed by atoms with van der Waals surface area (Å²) >= 11 is 1.82. The molecule has 0 aliphatic carbocycles. The normalized spacial score (nSPS) is 17.3. The average Bonchev–Trinajstić information content (AvgIpc) is 2.31. The quantitative estimate of drug-likeness (QED) is 0.766. The highest BCUT2D eigenvalue weighted by molar-refractivity contribution is 8.00. The Morgan fingerprint density at radius 3 is 3.00 bits per heavy atom. The largest absolute Gasteiger partial charge is 0.381 e. The highest BCUT2D eigenvalue weighted by Crippen LogP contribution is 2.29. The molecule has 0 radical (unpaired) electrons. The van der Waals surface area contributed by atoms with Gasteiger partial charge in [-0.3, -0.25) is 0 Å². The first-order chi connectivity index (χ1) is 7.38. The molecule has 1 aliphatic heterocycles. The maximum absolute atomic E-state index is 8.73. The van der Waals surface area contributed by atoms with Gasteiger partial charge in [-0.2, -0.15) is 5.26 Å². The number of hydrogen-bond acceptors (Lipinski definition) is 4. The smallest absolute Gasteiger partial charge is 0.141 e. The van der Waals surface area contributed by atoms with Gasteiger partial charge in [-0.1, -0.05) is 0 Å². The van der Waals surface area contributed by atoms with Crippen molar-refractivity contribution in [1.82, 2.24) is 4.98 Å². The number of rotatable bonds is 2. The predicted octanol–water partition coefficient (Wildman–Crippen LogP) is 2.22. The third-order valence-electron chi connectivity index (χ3n) is 2.32. The molecule has 0 bridgehead atoms. The van der Waals surface area contributed by atoms with Gasteiger partial charge in [0.25, 0.3) is 0 Å². The highest BCUT2D eigenvalue weighted by Gasteiger charge is 2.14. The fourth-order valence-electron chi connectivity index (χ4n) is 1.53. The van der Waals surface area contributed by atoms with Crippen LogP contribution in [-0.4, -0.2) is 23.4 Å². The van der Waals surface area contributed by atoms with Crippen molar-refractivity contribution in [3.8, 4) is 6.07 Å². The van der Waals surface area contributed by atoms with E-state index in [2.05, 4.69) is 11.1 Å². The van der Waals surface area contributed by atoms with Crippen molar-refractivity contribution in [2.24, 2.45) is 0 Å². The van der Waals surface area contributed by atoms with Crippen LogP contribution in [0, 0.1) is 11.3 Å². The Labute approximate surface area is 93.5 Å². The van der Waals surface area contributed by atoms with E-state index in [1.165, 1.54) is 0 Å². The maximum atomic E-state index is 8.73. The van der Waals surface area contributed by atoms with Crippen molar-refractivity contribution in [2.75, 3.05) is 13.2 Å². The predicted molar refractivity (Wildman–Crippen MR) is 58.7 cm³/mol. The molecule has 0 N–H and O–H groups in total. The van der Waals surface area contributed by atoms with Crippen LogP contribution in [0.5, 0.6) is 0 Å². The molecule has 0 spiro atoms. The summed E-state index contributed by atoms with van der Waals surface area (Å²) in [6, 6.07) is 5.86. The SMILES string of the molecule is N#Cc1cc(SC2CCOCC2)ccn1. The van der Waals surface area contributed by atoms with E-state index >= 15 is 0 Å². The number of ether oxygens (including phenoxy) is 1. The second-order valence-corrected chi connectivity index (χ2v) is 4.79. The molecule has 1 aliphatic rings. The van der Waals surface area contributed by atoms with E-state index in [1.54, 1.807) is 6.20 Å². The van der Waals surface area contributed by atoms with E-state index in [4.69, 9.17) is 10.00 Å². The van der Waals surface area contributed by atoms with Gasteiger partial charge in [0.1, 0.15) is 11.8 Å². The average molecular weight is 220 g/mol. The lowest BCUT2D eigenvalue weighted by Gasteiger charge is -2.21. The van der Waals surface area contributed by atoms with Gasteiger partial charge >= 0.3 is 0 Å². The van der Waals surface area contributed by atoms with Crippen LogP contribution in [0.25, 0.3) is 0 Å². The first-order valence-corrected chi connectivity index (χ1v) is 5.87. The van der Waals surface area contributed by atoms with Crippen molar-refractivity contribution in [3.63, 3.8) is 0 Å². The van der Waals surface area contributed by atoms with E-state index in [1.807, 2.05) is 23.9 Å². The topological polar surface area (TPSA) is 45.9 Å². The number of nitrogens with zero attached hydrogens (tertiary/aromatic N) is 2. The van der Waals surface area contributed by atoms with Crippen LogP contribution in [0.4, 0.5) is 0 Å². The van der Waals surface area contributed by atoms with E-state index in [-0.39, 0.29) is 0 Å². The molecule has 0 amide bonds. The third kappa shape index (κ3) is 2.95. The molecule has 1 aromatic heterocycles. The molecule has 15 heavy (non-hydrogen) atoms. The minimum Gasteiger partial charge on any atom is -0.381 e. The Morgan fingerprint density at radius 2 is 2.27 bits per heavy atom. The zero-order valence-corrected chi connectivity index (χ0v) is 9.17. The number of thioether (sulfide) groups is 1. The first kappa shape index (κ1) is 10.5. The van der Waals surface area contributed by atoms with E-state index < -0.39 is 0 Å². The number of aromatic nitrogens is 1. The summed E-state index contributed by atoms with van der Waals surface area (Å²) in [5.74, 6) is 0. The molecule has 0 aromatic carbocycles. The van der Waals surface area contributed by atoms with Gasteiger partial charge < -0.3 is 4.74 Å². The summed E-state index contributed by atoms with van der Waals surface area (Å²) < 4.78 is 5.30. The van der Waals surface area contributed by atoms with Gasteiger partial charge in [-0.25, -0.2) is 4.98 Å². The Hall–Kier alpha value is -1.05. The maximum Gasteiger partial charge on any atom is 0.141 e. The lowest BCUT2D eigenvalue weighted by atomic mass is 10.2. The van der Waals surface area contributed by atoms with Crippen LogP contribution in [0.1, 0.15) is 18.5 Å². The van der Waals surface area contributed by atoms with E-state index in [0.29, 0.717) is 10.9 Å². The van der Waals surface area contributed by atoms with Gasteiger partial charge in [0.15, 0.2) is 0 Å². The van der Waals surface area contributed by atoms with Gasteiger partial charge in [-0.05, 0) is 25.0 Å². The molecule has 1 fully saturated rings. The summed E-state index contributed by atoms with van der Waals surface area (Å²) in [5, 5.41) is 9.34. The lowest BCUT2D eigenvalue weighted by Crippen LogP contribution is -2.17. The molecule has 1 saturated heterocycles. The van der Waals surface area contributed by atoms with Crippen LogP contribution in [-0.2, 0) is 4.74 Å². The summed E-state index contributed by atoms with van der Waals surface area (Å²) in [6.07, 6.45) is 3.88. The molecule has 0 saturated carbocycles. The van der Waals surface area contributed by atoms with Crippen molar-refractivity contribution in [2.45, 2.75) is 23.0 Å². The second-order valence-electron chi connectivity index (χ2n) is 3.42. The fourth-order valence-corrected chi connectivity index (χ4v) is 2.66. The highest BCUT2D eigenvalue weighted by atomic mass is 32.2. The van der Waals surface area contributed by atoms with Crippen LogP contribution < -0.4 is 0 Å². The molecular formula is C11H12N2OS. The third-order valence-corrected chi connectivity index (χ3v) is 3.65. The zero-order chi connectivity index (χ0) is 10.5. The van der Waals surface area contributed by atoms with Gasteiger partial charge in [0, 0.05) is 29.6 Å². The summed E-state index contributed by atoms with van der Waals surface area (Å²) in [7, 11) is 0. The second kappa shape index (κ2) is 5.15. The Kier molecular flexibility index (Phi) is 3.59. The van der Waals surface area contributed by atoms with Crippen molar-refractivity contribution in [3.05, 3.63) is 24.0 Å². The van der Waals surface area contributed by atoms with Crippen LogP contribution >= 0.6 is 11.8 Å². The molecular weight excluding hydrogens is 208 g/mol. The summed E-state index contributed by atoms with van der Waals surface area (Å²) in [6.45, 7) is 1.71. The number of hydrogen-bond donors (Lipinski definition) is 0. The molecule has 4 heteroatoms. The standard InChI is InChI=1S/C11H12N2OS/c12-8-9-7-11(1-4-13-9)15-10-2-5-14-6-3-10/h1,4,7,10H,2-3,5-6H2. The minimum atomic E-state index is 0.493. The van der Waals surface area contributed by atoms with Gasteiger partial charge in [-0.15, -0.1) is 11.8 Å². The number of pyridine rings is 1. The monoisotopic (exact) mass is 220 g/mol. The molecule has 2 heterocycles. The van der Waals surface area contributed by atoms with Crippen molar-refractivity contribution >= 4 is 11.8 Å². The van der Waals surface area contributed by atoms with Gasteiger partial charge in [0.05, 0.1) is 0 Å². The Bertz CT molecular complexity index is 369. The van der Waals surface area contributed by atoms with E-state index in [0.717, 1.165) is 31.0 Å². The minimum absolute atomic E-state index is 0.493. The molecule has 0 unspecified atom stereocenters. The summed E-state index contributed by atoms with van der Waals surface area (Å²) in [5.41, 5.74) is 0.493. The van der Waals surface area contributed by atoms with Crippen molar-refractivity contribution < 1.29 is 4.74 Å². The van der Waals surface area contributed by atoms with Crippen LogP contribution in [0.15, 0.2) is 23.2 Å². The lowest BCUT2D eigenvalue weighted by molar-refractivity contribution is 0.100. The molecule has 1 aromatic rings. The Balaban J connectivity index is 2.00. The fraction of sp³-hybridized carbons (Fsp3) is 0.455. The zero-order valence-electron chi connectivity index (χ0n) is 8.35. The number of nitriles is 1.